The number of rotatable bonds is 4. The summed E-state index contributed by atoms with van der Waals surface area (Å²) < 4.78 is 23.2. The molecule has 0 unspecified atom stereocenters. The van der Waals surface area contributed by atoms with Crippen LogP contribution in [0, 0.1) is 0 Å². The van der Waals surface area contributed by atoms with Crippen molar-refractivity contribution in [1.82, 2.24) is 9.80 Å². The average Bonchev–Trinajstić information content (AvgIpc) is 2.95. The van der Waals surface area contributed by atoms with Crippen molar-refractivity contribution in [3.05, 3.63) is 30.3 Å². The van der Waals surface area contributed by atoms with Gasteiger partial charge >= 0.3 is 0 Å². The second-order valence-electron chi connectivity index (χ2n) is 6.67. The third-order valence-electron chi connectivity index (χ3n) is 4.96. The van der Waals surface area contributed by atoms with Gasteiger partial charge in [-0.15, -0.1) is 0 Å². The molecular formula is C17H25N3O3S. The van der Waals surface area contributed by atoms with Crippen molar-refractivity contribution in [2.24, 2.45) is 0 Å². The summed E-state index contributed by atoms with van der Waals surface area (Å²) in [6, 6.07) is 10.0. The minimum Gasteiger partial charge on any atom is -0.365 e. The van der Waals surface area contributed by atoms with Crippen molar-refractivity contribution in [3.8, 4) is 0 Å². The lowest BCUT2D eigenvalue weighted by Gasteiger charge is -2.38. The molecule has 1 amide bonds. The van der Waals surface area contributed by atoms with Gasteiger partial charge in [0.25, 0.3) is 0 Å². The molecule has 2 saturated heterocycles. The van der Waals surface area contributed by atoms with Crippen molar-refractivity contribution in [2.45, 2.75) is 12.5 Å². The summed E-state index contributed by atoms with van der Waals surface area (Å²) in [6.45, 7) is 3.25. The van der Waals surface area contributed by atoms with E-state index in [2.05, 4.69) is 4.90 Å². The molecule has 2 aliphatic rings. The molecule has 0 aromatic heterocycles. The second-order valence-corrected chi connectivity index (χ2v) is 8.89. The summed E-state index contributed by atoms with van der Waals surface area (Å²) in [5, 5.41) is 0. The molecule has 2 heterocycles. The number of hydrogen-bond acceptors (Lipinski definition) is 5. The Morgan fingerprint density at radius 3 is 2.42 bits per heavy atom. The maximum absolute atomic E-state index is 12.5. The van der Waals surface area contributed by atoms with Gasteiger partial charge < -0.3 is 9.80 Å². The van der Waals surface area contributed by atoms with Crippen LogP contribution in [0.1, 0.15) is 6.42 Å². The van der Waals surface area contributed by atoms with Crippen molar-refractivity contribution in [1.29, 1.82) is 0 Å². The van der Waals surface area contributed by atoms with Crippen LogP contribution in [-0.2, 0) is 14.6 Å². The molecule has 2 fully saturated rings. The van der Waals surface area contributed by atoms with E-state index < -0.39 is 9.84 Å². The number of piperazine rings is 1. The predicted molar refractivity (Wildman–Crippen MR) is 94.9 cm³/mol. The largest absolute Gasteiger partial charge is 0.365 e. The number of nitrogens with zero attached hydrogens (tertiary/aromatic N) is 3. The predicted octanol–water partition coefficient (Wildman–Crippen LogP) is 0.454. The zero-order valence-corrected chi connectivity index (χ0v) is 14.9. The van der Waals surface area contributed by atoms with Crippen LogP contribution in [0.25, 0.3) is 0 Å². The molecule has 7 heteroatoms. The third kappa shape index (κ3) is 4.08. The molecule has 0 spiro atoms. The summed E-state index contributed by atoms with van der Waals surface area (Å²) in [4.78, 5) is 18.6. The maximum Gasteiger partial charge on any atom is 0.242 e. The molecule has 2 aliphatic heterocycles. The number of sulfone groups is 1. The van der Waals surface area contributed by atoms with E-state index in [1.165, 1.54) is 0 Å². The Kier molecular flexibility index (Phi) is 5.10. The maximum atomic E-state index is 12.5. The van der Waals surface area contributed by atoms with E-state index in [0.29, 0.717) is 25.4 Å². The summed E-state index contributed by atoms with van der Waals surface area (Å²) in [5.41, 5.74) is 1.03. The van der Waals surface area contributed by atoms with Crippen LogP contribution in [0.5, 0.6) is 0 Å². The van der Waals surface area contributed by atoms with Crippen LogP contribution in [0.2, 0.25) is 0 Å². The highest BCUT2D eigenvalue weighted by Gasteiger charge is 2.34. The molecule has 1 aromatic rings. The highest BCUT2D eigenvalue weighted by atomic mass is 32.2. The fourth-order valence-electron chi connectivity index (χ4n) is 3.48. The molecule has 0 radical (unpaired) electrons. The molecule has 132 valence electrons. The molecular weight excluding hydrogens is 326 g/mol. The standard InChI is InChI=1S/C17H25N3O3S/c1-18(15-5-3-2-4-6-15)13-17(21)20-10-8-19(9-11-20)16-7-12-24(22,23)14-16/h2-6,16H,7-14H2,1H3/t16-/m0/s1. The number of benzene rings is 1. The van der Waals surface area contributed by atoms with Gasteiger partial charge in [0.05, 0.1) is 18.1 Å². The first-order chi connectivity index (χ1) is 11.4. The molecule has 24 heavy (non-hydrogen) atoms. The van der Waals surface area contributed by atoms with Crippen molar-refractivity contribution >= 4 is 21.4 Å². The second kappa shape index (κ2) is 7.11. The van der Waals surface area contributed by atoms with Crippen LogP contribution < -0.4 is 4.90 Å². The Morgan fingerprint density at radius 1 is 1.17 bits per heavy atom. The molecule has 0 bridgehead atoms. The smallest absolute Gasteiger partial charge is 0.242 e. The van der Waals surface area contributed by atoms with Gasteiger partial charge in [0, 0.05) is 45.0 Å². The lowest BCUT2D eigenvalue weighted by Crippen LogP contribution is -2.53. The van der Waals surface area contributed by atoms with Gasteiger partial charge in [0.1, 0.15) is 0 Å². The van der Waals surface area contributed by atoms with Gasteiger partial charge in [-0.05, 0) is 18.6 Å². The minimum atomic E-state index is -2.85. The van der Waals surface area contributed by atoms with Gasteiger partial charge in [0.15, 0.2) is 9.84 Å². The quantitative estimate of drug-likeness (QED) is 0.788. The van der Waals surface area contributed by atoms with E-state index in [1.807, 2.05) is 47.2 Å². The number of carbonyl (C=O) groups is 1. The first-order valence-corrected chi connectivity index (χ1v) is 10.3. The topological polar surface area (TPSA) is 60.9 Å². The Morgan fingerprint density at radius 2 is 1.83 bits per heavy atom. The van der Waals surface area contributed by atoms with Crippen LogP contribution in [-0.4, -0.2) is 81.4 Å². The van der Waals surface area contributed by atoms with Crippen molar-refractivity contribution in [3.63, 3.8) is 0 Å². The Labute approximate surface area is 144 Å². The van der Waals surface area contributed by atoms with E-state index in [0.717, 1.165) is 25.2 Å². The summed E-state index contributed by atoms with van der Waals surface area (Å²) in [6.07, 6.45) is 0.729. The fourth-order valence-corrected chi connectivity index (χ4v) is 5.24. The normalized spacial score (nSPS) is 24.0. The first-order valence-electron chi connectivity index (χ1n) is 8.43. The molecule has 6 nitrogen and oxygen atoms in total. The van der Waals surface area contributed by atoms with Crippen LogP contribution in [0.4, 0.5) is 5.69 Å². The zero-order chi connectivity index (χ0) is 17.2. The molecule has 1 atom stereocenters. The fraction of sp³-hybridized carbons (Fsp3) is 0.588. The molecule has 0 aliphatic carbocycles. The number of amides is 1. The molecule has 1 aromatic carbocycles. The highest BCUT2D eigenvalue weighted by molar-refractivity contribution is 7.91. The van der Waals surface area contributed by atoms with Crippen molar-refractivity contribution in [2.75, 3.05) is 56.2 Å². The lowest BCUT2D eigenvalue weighted by atomic mass is 10.2. The Balaban J connectivity index is 1.49. The van der Waals surface area contributed by atoms with Crippen molar-refractivity contribution < 1.29 is 13.2 Å². The highest BCUT2D eigenvalue weighted by Crippen LogP contribution is 2.19. The molecule has 0 N–H and O–H groups in total. The Bertz CT molecular complexity index is 670. The van der Waals surface area contributed by atoms with Gasteiger partial charge in [-0.3, -0.25) is 9.69 Å². The molecule has 0 saturated carbocycles. The van der Waals surface area contributed by atoms with E-state index >= 15 is 0 Å². The van der Waals surface area contributed by atoms with E-state index in [9.17, 15) is 13.2 Å². The van der Waals surface area contributed by atoms with Gasteiger partial charge in [-0.2, -0.15) is 0 Å². The number of anilines is 1. The van der Waals surface area contributed by atoms with Crippen LogP contribution >= 0.6 is 0 Å². The van der Waals surface area contributed by atoms with E-state index in [4.69, 9.17) is 0 Å². The molecule has 3 rings (SSSR count). The van der Waals surface area contributed by atoms with Gasteiger partial charge in [-0.1, -0.05) is 18.2 Å². The minimum absolute atomic E-state index is 0.125. The van der Waals surface area contributed by atoms with E-state index in [-0.39, 0.29) is 17.7 Å². The zero-order valence-electron chi connectivity index (χ0n) is 14.1. The first kappa shape index (κ1) is 17.2. The number of carbonyl (C=O) groups excluding carboxylic acids is 1. The number of para-hydroxylation sites is 1. The van der Waals surface area contributed by atoms with Crippen LogP contribution in [0.3, 0.4) is 0 Å². The third-order valence-corrected chi connectivity index (χ3v) is 6.71. The SMILES string of the molecule is CN(CC(=O)N1CCN([C@H]2CCS(=O)(=O)C2)CC1)c1ccccc1. The Hall–Kier alpha value is -1.60. The lowest BCUT2D eigenvalue weighted by molar-refractivity contribution is -0.131. The monoisotopic (exact) mass is 351 g/mol. The van der Waals surface area contributed by atoms with Gasteiger partial charge in [-0.25, -0.2) is 8.42 Å². The summed E-state index contributed by atoms with van der Waals surface area (Å²) >= 11 is 0. The van der Waals surface area contributed by atoms with E-state index in [1.54, 1.807) is 0 Å². The average molecular weight is 351 g/mol. The summed E-state index contributed by atoms with van der Waals surface area (Å²) in [7, 11) is -0.927. The van der Waals surface area contributed by atoms with Gasteiger partial charge in [0.2, 0.25) is 5.91 Å². The van der Waals surface area contributed by atoms with Crippen LogP contribution in [0.15, 0.2) is 30.3 Å². The number of hydrogen-bond donors (Lipinski definition) is 0. The number of likely N-dealkylation sites (N-methyl/N-ethyl adjacent to an activating group) is 1. The summed E-state index contributed by atoms with van der Waals surface area (Å²) in [5.74, 6) is 0.705.